The molecule has 2 fully saturated rings. The van der Waals surface area contributed by atoms with Gasteiger partial charge in [-0.2, -0.15) is 0 Å². The van der Waals surface area contributed by atoms with E-state index in [1.165, 1.54) is 14.2 Å². The highest BCUT2D eigenvalue weighted by atomic mass is 16.5. The Morgan fingerprint density at radius 2 is 1.14 bits per heavy atom. The van der Waals surface area contributed by atoms with Crippen molar-refractivity contribution in [2.24, 2.45) is 11.8 Å². The van der Waals surface area contributed by atoms with Gasteiger partial charge in [0.05, 0.1) is 63.9 Å². The largest absolute Gasteiger partial charge is 0.493 e. The molecule has 4 rings (SSSR count). The first-order chi connectivity index (χ1) is 20.6. The zero-order valence-corrected chi connectivity index (χ0v) is 25.4. The minimum atomic E-state index is -0.247. The van der Waals surface area contributed by atoms with Crippen LogP contribution in [0.1, 0.15) is 53.8 Å². The Morgan fingerprint density at radius 1 is 0.744 bits per heavy atom. The van der Waals surface area contributed by atoms with Crippen molar-refractivity contribution < 1.29 is 38.7 Å². The number of ether oxygens (including phenoxy) is 4. The highest BCUT2D eigenvalue weighted by molar-refractivity contribution is 6.01. The Morgan fingerprint density at radius 3 is 1.49 bits per heavy atom. The van der Waals surface area contributed by atoms with Crippen LogP contribution in [-0.4, -0.2) is 97.6 Å². The van der Waals surface area contributed by atoms with Gasteiger partial charge in [-0.25, -0.2) is 0 Å². The Hall–Kier alpha value is -3.90. The first-order valence-corrected chi connectivity index (χ1v) is 14.7. The Balaban J connectivity index is 1.36. The first-order valence-electron chi connectivity index (χ1n) is 14.7. The van der Waals surface area contributed by atoms with E-state index >= 15 is 0 Å². The standard InChI is InChI=1S/C31H44N4O8/c1-18-8-20(16-36)34(14-18)30(38)22-10-26(40-3)28(12-24(22)32)42-6-5-7-43-29-13-25(33)23(11-27(29)41-4)31(39)35-15-19(2)9-21(35)17-37/h10-13,18-21,36-37H,5-9,14-17,32-33H2,1-4H3/t18-,19?,20-,21?/m0/s1. The molecule has 0 radical (unpaired) electrons. The van der Waals surface area contributed by atoms with Crippen molar-refractivity contribution in [3.8, 4) is 23.0 Å². The number of hydrogen-bond donors (Lipinski definition) is 4. The second kappa shape index (κ2) is 14.0. The average Bonchev–Trinajstić information content (AvgIpc) is 3.57. The molecule has 2 aliphatic rings. The predicted octanol–water partition coefficient (Wildman–Crippen LogP) is 2.40. The van der Waals surface area contributed by atoms with E-state index in [-0.39, 0.29) is 61.7 Å². The van der Waals surface area contributed by atoms with Crippen LogP contribution in [0.15, 0.2) is 24.3 Å². The SMILES string of the molecule is COc1cc(C(=O)N2CC(C)CC2CO)c(N)cc1OCCCOc1cc(N)c(C(=O)N2C[C@@H](C)C[C@H]2CO)cc1OC. The van der Waals surface area contributed by atoms with E-state index < -0.39 is 0 Å². The molecule has 2 aromatic rings. The number of likely N-dealkylation sites (tertiary alicyclic amines) is 2. The van der Waals surface area contributed by atoms with Crippen LogP contribution in [0.25, 0.3) is 0 Å². The number of carbonyl (C=O) groups excluding carboxylic acids is 2. The van der Waals surface area contributed by atoms with E-state index in [0.717, 1.165) is 12.8 Å². The van der Waals surface area contributed by atoms with Crippen molar-refractivity contribution in [3.05, 3.63) is 35.4 Å². The molecule has 6 N–H and O–H groups in total. The number of nitrogens with two attached hydrogens (primary N) is 2. The van der Waals surface area contributed by atoms with E-state index in [0.29, 0.717) is 65.5 Å². The molecule has 12 nitrogen and oxygen atoms in total. The number of carbonyl (C=O) groups is 2. The highest BCUT2D eigenvalue weighted by Crippen LogP contribution is 2.36. The lowest BCUT2D eigenvalue weighted by Gasteiger charge is -2.24. The normalized spacial score (nSPS) is 21.6. The molecule has 2 unspecified atom stereocenters. The second-order valence-corrected chi connectivity index (χ2v) is 11.5. The molecular formula is C31H44N4O8. The van der Waals surface area contributed by atoms with Gasteiger partial charge in [0.15, 0.2) is 23.0 Å². The van der Waals surface area contributed by atoms with Gasteiger partial charge in [-0.1, -0.05) is 13.8 Å². The van der Waals surface area contributed by atoms with Gasteiger partial charge in [0.2, 0.25) is 0 Å². The maximum atomic E-state index is 13.2. The average molecular weight is 601 g/mol. The van der Waals surface area contributed by atoms with Crippen LogP contribution >= 0.6 is 0 Å². The lowest BCUT2D eigenvalue weighted by molar-refractivity contribution is 0.0670. The summed E-state index contributed by atoms with van der Waals surface area (Å²) < 4.78 is 22.8. The fraction of sp³-hybridized carbons (Fsp3) is 0.548. The minimum absolute atomic E-state index is 0.0971. The van der Waals surface area contributed by atoms with Gasteiger partial charge in [-0.3, -0.25) is 9.59 Å². The summed E-state index contributed by atoms with van der Waals surface area (Å²) in [4.78, 5) is 29.7. The highest BCUT2D eigenvalue weighted by Gasteiger charge is 2.35. The van der Waals surface area contributed by atoms with Gasteiger partial charge in [0.25, 0.3) is 11.8 Å². The van der Waals surface area contributed by atoms with Crippen molar-refractivity contribution in [1.29, 1.82) is 0 Å². The maximum Gasteiger partial charge on any atom is 0.256 e. The molecule has 2 heterocycles. The molecule has 0 bridgehead atoms. The van der Waals surface area contributed by atoms with Crippen LogP contribution < -0.4 is 30.4 Å². The lowest BCUT2D eigenvalue weighted by atomic mass is 10.1. The van der Waals surface area contributed by atoms with Gasteiger partial charge < -0.3 is 50.4 Å². The van der Waals surface area contributed by atoms with Crippen LogP contribution in [0.2, 0.25) is 0 Å². The fourth-order valence-electron chi connectivity index (χ4n) is 5.94. The summed E-state index contributed by atoms with van der Waals surface area (Å²) in [5.41, 5.74) is 13.6. The summed E-state index contributed by atoms with van der Waals surface area (Å²) in [5.74, 6) is 1.63. The van der Waals surface area contributed by atoms with E-state index in [2.05, 4.69) is 0 Å². The predicted molar refractivity (Wildman–Crippen MR) is 162 cm³/mol. The van der Waals surface area contributed by atoms with Crippen molar-refractivity contribution in [2.75, 3.05) is 65.2 Å². The summed E-state index contributed by atoms with van der Waals surface area (Å²) in [7, 11) is 2.98. The van der Waals surface area contributed by atoms with Gasteiger partial charge in [0.1, 0.15) is 0 Å². The van der Waals surface area contributed by atoms with E-state index in [1.807, 2.05) is 13.8 Å². The first kappa shape index (κ1) is 32.0. The molecule has 2 aromatic carbocycles. The number of aliphatic hydroxyl groups is 2. The number of benzene rings is 2. The monoisotopic (exact) mass is 600 g/mol. The zero-order chi connectivity index (χ0) is 31.3. The zero-order valence-electron chi connectivity index (χ0n) is 25.4. The molecule has 2 amide bonds. The van der Waals surface area contributed by atoms with Crippen LogP contribution in [0.3, 0.4) is 0 Å². The summed E-state index contributed by atoms with van der Waals surface area (Å²) >= 11 is 0. The van der Waals surface area contributed by atoms with Gasteiger partial charge in [-0.05, 0) is 36.8 Å². The van der Waals surface area contributed by atoms with Crippen molar-refractivity contribution in [1.82, 2.24) is 9.80 Å². The van der Waals surface area contributed by atoms with E-state index in [9.17, 15) is 19.8 Å². The molecule has 0 saturated carbocycles. The number of aliphatic hydroxyl groups excluding tert-OH is 2. The van der Waals surface area contributed by atoms with Crippen LogP contribution in [0, 0.1) is 11.8 Å². The summed E-state index contributed by atoms with van der Waals surface area (Å²) in [6, 6.07) is 5.82. The molecule has 0 aliphatic carbocycles. The van der Waals surface area contributed by atoms with Gasteiger partial charge in [0, 0.05) is 43.0 Å². The maximum absolute atomic E-state index is 13.2. The summed E-state index contributed by atoms with van der Waals surface area (Å²) in [6.45, 7) is 5.55. The number of hydrogen-bond acceptors (Lipinski definition) is 10. The third kappa shape index (κ3) is 7.02. The molecule has 12 heteroatoms. The second-order valence-electron chi connectivity index (χ2n) is 11.5. The van der Waals surface area contributed by atoms with E-state index in [1.54, 1.807) is 34.1 Å². The molecule has 0 spiro atoms. The van der Waals surface area contributed by atoms with Crippen molar-refractivity contribution >= 4 is 23.2 Å². The third-order valence-electron chi connectivity index (χ3n) is 8.13. The van der Waals surface area contributed by atoms with Gasteiger partial charge in [-0.15, -0.1) is 0 Å². The molecule has 236 valence electrons. The number of rotatable bonds is 12. The molecule has 0 aromatic heterocycles. The Bertz CT molecular complexity index is 1210. The van der Waals surface area contributed by atoms with Gasteiger partial charge >= 0.3 is 0 Å². The lowest BCUT2D eigenvalue weighted by Crippen LogP contribution is -2.38. The number of nitrogen functional groups attached to an aromatic ring is 2. The number of amides is 2. The molecule has 2 aliphatic heterocycles. The fourth-order valence-corrected chi connectivity index (χ4v) is 5.94. The Kier molecular flexibility index (Phi) is 10.5. The van der Waals surface area contributed by atoms with Crippen molar-refractivity contribution in [2.45, 2.75) is 45.2 Å². The third-order valence-corrected chi connectivity index (χ3v) is 8.13. The number of methoxy groups -OCH3 is 2. The minimum Gasteiger partial charge on any atom is -0.493 e. The van der Waals surface area contributed by atoms with Crippen LogP contribution in [0.5, 0.6) is 23.0 Å². The number of anilines is 2. The van der Waals surface area contributed by atoms with Crippen LogP contribution in [-0.2, 0) is 0 Å². The molecular weight excluding hydrogens is 556 g/mol. The van der Waals surface area contributed by atoms with Crippen LogP contribution in [0.4, 0.5) is 11.4 Å². The quantitative estimate of drug-likeness (QED) is 0.210. The van der Waals surface area contributed by atoms with Crippen molar-refractivity contribution in [3.63, 3.8) is 0 Å². The summed E-state index contributed by atoms with van der Waals surface area (Å²) in [5, 5.41) is 19.4. The molecule has 2 saturated heterocycles. The smallest absolute Gasteiger partial charge is 0.256 e. The topological polar surface area (TPSA) is 170 Å². The summed E-state index contributed by atoms with van der Waals surface area (Å²) in [6.07, 6.45) is 1.97. The molecule has 43 heavy (non-hydrogen) atoms. The van der Waals surface area contributed by atoms with E-state index in [4.69, 9.17) is 30.4 Å². The Labute approximate surface area is 252 Å². The molecule has 4 atom stereocenters. The number of nitrogens with zero attached hydrogens (tertiary/aromatic N) is 2.